The second-order valence-corrected chi connectivity index (χ2v) is 4.33. The summed E-state index contributed by atoms with van der Waals surface area (Å²) in [5.74, 6) is 1.14. The molecule has 1 aromatic carbocycles. The quantitative estimate of drug-likeness (QED) is 0.850. The summed E-state index contributed by atoms with van der Waals surface area (Å²) in [6.45, 7) is 0. The number of nitrogens with two attached hydrogens (primary N) is 1. The zero-order valence-corrected chi connectivity index (χ0v) is 9.30. The van der Waals surface area contributed by atoms with Crippen LogP contribution in [-0.4, -0.2) is 9.78 Å². The van der Waals surface area contributed by atoms with Crippen molar-refractivity contribution in [3.05, 3.63) is 41.6 Å². The van der Waals surface area contributed by atoms with E-state index >= 15 is 0 Å². The minimum Gasteiger partial charge on any atom is -0.382 e. The predicted octanol–water partition coefficient (Wildman–Crippen LogP) is 2.20. The lowest BCUT2D eigenvalue weighted by molar-refractivity contribution is 0.889. The minimum absolute atomic E-state index is 0.395. The SMILES string of the molecule is N#Cc1cnn(-c2ccc(C3CC3)cc2)c1N. The van der Waals surface area contributed by atoms with E-state index in [1.807, 2.05) is 18.2 Å². The summed E-state index contributed by atoms with van der Waals surface area (Å²) in [5.41, 5.74) is 8.52. The third-order valence-electron chi connectivity index (χ3n) is 3.11. The van der Waals surface area contributed by atoms with Gasteiger partial charge in [-0.3, -0.25) is 0 Å². The maximum absolute atomic E-state index is 8.82. The molecule has 2 aromatic rings. The molecule has 3 rings (SSSR count). The molecule has 0 amide bonds. The van der Waals surface area contributed by atoms with Gasteiger partial charge in [0, 0.05) is 0 Å². The van der Waals surface area contributed by atoms with Gasteiger partial charge in [0.05, 0.1) is 11.9 Å². The van der Waals surface area contributed by atoms with Crippen LogP contribution in [-0.2, 0) is 0 Å². The molecule has 0 spiro atoms. The standard InChI is InChI=1S/C13H12N4/c14-7-11-8-16-17(13(11)15)12-5-3-10(4-6-12)9-1-2-9/h3-6,8-9H,1-2,15H2. The van der Waals surface area contributed by atoms with Gasteiger partial charge in [-0.05, 0) is 36.5 Å². The summed E-state index contributed by atoms with van der Waals surface area (Å²) < 4.78 is 1.59. The Morgan fingerprint density at radius 3 is 2.53 bits per heavy atom. The minimum atomic E-state index is 0.395. The molecule has 1 fully saturated rings. The summed E-state index contributed by atoms with van der Waals surface area (Å²) >= 11 is 0. The Labute approximate surface area is 99.3 Å². The second kappa shape index (κ2) is 3.63. The molecule has 0 aliphatic heterocycles. The van der Waals surface area contributed by atoms with Crippen LogP contribution in [0.15, 0.2) is 30.5 Å². The number of benzene rings is 1. The fraction of sp³-hybridized carbons (Fsp3) is 0.231. The van der Waals surface area contributed by atoms with Crippen molar-refractivity contribution < 1.29 is 0 Å². The number of aromatic nitrogens is 2. The van der Waals surface area contributed by atoms with E-state index in [-0.39, 0.29) is 0 Å². The maximum atomic E-state index is 8.82. The van der Waals surface area contributed by atoms with Crippen LogP contribution < -0.4 is 5.73 Å². The van der Waals surface area contributed by atoms with E-state index < -0.39 is 0 Å². The third-order valence-corrected chi connectivity index (χ3v) is 3.11. The lowest BCUT2D eigenvalue weighted by atomic mass is 10.1. The van der Waals surface area contributed by atoms with Gasteiger partial charge in [0.2, 0.25) is 0 Å². The Hall–Kier alpha value is -2.28. The van der Waals surface area contributed by atoms with Crippen molar-refractivity contribution in [2.45, 2.75) is 18.8 Å². The van der Waals surface area contributed by atoms with E-state index in [0.29, 0.717) is 11.4 Å². The first-order valence-electron chi connectivity index (χ1n) is 5.63. The normalized spacial score (nSPS) is 14.5. The van der Waals surface area contributed by atoms with Gasteiger partial charge in [-0.25, -0.2) is 4.68 Å². The molecule has 4 nitrogen and oxygen atoms in total. The lowest BCUT2D eigenvalue weighted by Crippen LogP contribution is -2.02. The van der Waals surface area contributed by atoms with Gasteiger partial charge < -0.3 is 5.73 Å². The van der Waals surface area contributed by atoms with Crippen LogP contribution in [0.4, 0.5) is 5.82 Å². The Morgan fingerprint density at radius 1 is 1.29 bits per heavy atom. The van der Waals surface area contributed by atoms with E-state index in [1.165, 1.54) is 24.6 Å². The van der Waals surface area contributed by atoms with Gasteiger partial charge in [-0.1, -0.05) is 12.1 Å². The third kappa shape index (κ3) is 1.66. The van der Waals surface area contributed by atoms with Crippen LogP contribution in [0.1, 0.15) is 29.9 Å². The first-order valence-corrected chi connectivity index (χ1v) is 5.63. The number of hydrogen-bond donors (Lipinski definition) is 1. The largest absolute Gasteiger partial charge is 0.382 e. The fourth-order valence-electron chi connectivity index (χ4n) is 1.95. The van der Waals surface area contributed by atoms with E-state index in [1.54, 1.807) is 4.68 Å². The van der Waals surface area contributed by atoms with Gasteiger partial charge in [0.1, 0.15) is 17.5 Å². The topological polar surface area (TPSA) is 67.6 Å². The zero-order valence-electron chi connectivity index (χ0n) is 9.30. The molecule has 0 unspecified atom stereocenters. The van der Waals surface area contributed by atoms with Gasteiger partial charge in [-0.2, -0.15) is 10.4 Å². The number of anilines is 1. The summed E-state index contributed by atoms with van der Waals surface area (Å²) in [6.07, 6.45) is 4.08. The Morgan fingerprint density at radius 2 is 2.00 bits per heavy atom. The van der Waals surface area contributed by atoms with Crippen LogP contribution in [0, 0.1) is 11.3 Å². The highest BCUT2D eigenvalue weighted by Gasteiger charge is 2.23. The molecule has 4 heteroatoms. The van der Waals surface area contributed by atoms with E-state index in [9.17, 15) is 0 Å². The van der Waals surface area contributed by atoms with Crippen LogP contribution >= 0.6 is 0 Å². The molecule has 1 aliphatic rings. The first-order chi connectivity index (χ1) is 8.29. The Kier molecular flexibility index (Phi) is 2.12. The first kappa shape index (κ1) is 9.91. The highest BCUT2D eigenvalue weighted by atomic mass is 15.3. The van der Waals surface area contributed by atoms with E-state index in [2.05, 4.69) is 17.2 Å². The lowest BCUT2D eigenvalue weighted by Gasteiger charge is -2.05. The van der Waals surface area contributed by atoms with E-state index in [0.717, 1.165) is 11.6 Å². The van der Waals surface area contributed by atoms with Gasteiger partial charge in [0.25, 0.3) is 0 Å². The average molecular weight is 224 g/mol. The highest BCUT2D eigenvalue weighted by Crippen LogP contribution is 2.40. The molecule has 84 valence electrons. The van der Waals surface area contributed by atoms with Gasteiger partial charge in [0.15, 0.2) is 0 Å². The van der Waals surface area contributed by atoms with Crippen LogP contribution in [0.3, 0.4) is 0 Å². The van der Waals surface area contributed by atoms with Gasteiger partial charge in [-0.15, -0.1) is 0 Å². The molecular weight excluding hydrogens is 212 g/mol. The molecule has 1 aliphatic carbocycles. The summed E-state index contributed by atoms with van der Waals surface area (Å²) in [5, 5.41) is 12.9. The molecule has 2 N–H and O–H groups in total. The van der Waals surface area contributed by atoms with Crippen molar-refractivity contribution >= 4 is 5.82 Å². The maximum Gasteiger partial charge on any atom is 0.145 e. The fourth-order valence-corrected chi connectivity index (χ4v) is 1.95. The van der Waals surface area contributed by atoms with Crippen molar-refractivity contribution in [1.82, 2.24) is 9.78 Å². The second-order valence-electron chi connectivity index (χ2n) is 4.33. The number of nitrogens with zero attached hydrogens (tertiary/aromatic N) is 3. The summed E-state index contributed by atoms with van der Waals surface area (Å²) in [6, 6.07) is 10.2. The smallest absolute Gasteiger partial charge is 0.145 e. The molecule has 0 saturated heterocycles. The molecule has 0 radical (unpaired) electrons. The number of nitriles is 1. The van der Waals surface area contributed by atoms with Crippen LogP contribution in [0.25, 0.3) is 5.69 Å². The molecular formula is C13H12N4. The summed E-state index contributed by atoms with van der Waals surface area (Å²) in [4.78, 5) is 0. The zero-order chi connectivity index (χ0) is 11.8. The van der Waals surface area contributed by atoms with Crippen molar-refractivity contribution in [2.24, 2.45) is 0 Å². The monoisotopic (exact) mass is 224 g/mol. The predicted molar refractivity (Wildman–Crippen MR) is 64.7 cm³/mol. The number of hydrogen-bond acceptors (Lipinski definition) is 3. The van der Waals surface area contributed by atoms with E-state index in [4.69, 9.17) is 11.0 Å². The molecule has 1 aromatic heterocycles. The van der Waals surface area contributed by atoms with Crippen molar-refractivity contribution in [3.63, 3.8) is 0 Å². The molecule has 1 saturated carbocycles. The molecule has 0 bridgehead atoms. The van der Waals surface area contributed by atoms with Crippen molar-refractivity contribution in [2.75, 3.05) is 5.73 Å². The Balaban J connectivity index is 1.97. The molecule has 0 atom stereocenters. The van der Waals surface area contributed by atoms with Crippen LogP contribution in [0.2, 0.25) is 0 Å². The highest BCUT2D eigenvalue weighted by molar-refractivity contribution is 5.52. The Bertz CT molecular complexity index is 585. The number of nitrogen functional groups attached to an aromatic ring is 1. The van der Waals surface area contributed by atoms with Crippen molar-refractivity contribution in [3.8, 4) is 11.8 Å². The number of rotatable bonds is 2. The van der Waals surface area contributed by atoms with Crippen molar-refractivity contribution in [1.29, 1.82) is 5.26 Å². The van der Waals surface area contributed by atoms with Gasteiger partial charge >= 0.3 is 0 Å². The summed E-state index contributed by atoms with van der Waals surface area (Å²) in [7, 11) is 0. The molecule has 1 heterocycles. The average Bonchev–Trinajstić information content (AvgIpc) is 3.14. The van der Waals surface area contributed by atoms with Crippen LogP contribution in [0.5, 0.6) is 0 Å². The molecule has 17 heavy (non-hydrogen) atoms.